The summed E-state index contributed by atoms with van der Waals surface area (Å²) in [4.78, 5) is 35.6. The summed E-state index contributed by atoms with van der Waals surface area (Å²) in [6.07, 6.45) is 71.9. The van der Waals surface area contributed by atoms with Gasteiger partial charge in [-0.1, -0.05) is 274 Å². The van der Waals surface area contributed by atoms with E-state index >= 15 is 0 Å². The Labute approximate surface area is 457 Å². The van der Waals surface area contributed by atoms with Gasteiger partial charge in [-0.05, 0) is 57.8 Å². The van der Waals surface area contributed by atoms with E-state index in [-0.39, 0.29) is 25.6 Å². The number of likely N-dealkylation sites (N-methyl/N-ethyl adjacent to an activating group) is 1. The maximum Gasteiger partial charge on any atom is 0.472 e. The molecule has 0 bridgehead atoms. The Morgan fingerprint density at radius 3 is 1.15 bits per heavy atom. The number of quaternary nitrogens is 1. The van der Waals surface area contributed by atoms with Gasteiger partial charge in [0, 0.05) is 12.8 Å². The van der Waals surface area contributed by atoms with Crippen molar-refractivity contribution < 1.29 is 42.1 Å². The number of allylic oxidation sites excluding steroid dienone is 10. The van der Waals surface area contributed by atoms with Gasteiger partial charge in [0.25, 0.3) is 0 Å². The molecule has 0 aromatic carbocycles. The molecule has 0 aromatic heterocycles. The van der Waals surface area contributed by atoms with E-state index in [0.717, 1.165) is 64.2 Å². The number of carbonyl (C=O) groups is 2. The van der Waals surface area contributed by atoms with Crippen molar-refractivity contribution in [3.63, 3.8) is 0 Å². The number of ether oxygens (including phenoxy) is 2. The molecule has 74 heavy (non-hydrogen) atoms. The quantitative estimate of drug-likeness (QED) is 0.0211. The lowest BCUT2D eigenvalue weighted by molar-refractivity contribution is -0.870. The van der Waals surface area contributed by atoms with Gasteiger partial charge in [-0.3, -0.25) is 18.6 Å². The summed E-state index contributed by atoms with van der Waals surface area (Å²) in [5.74, 6) is -0.785. The Morgan fingerprint density at radius 2 is 0.770 bits per heavy atom. The molecule has 0 aliphatic heterocycles. The Bertz CT molecular complexity index is 1430. The summed E-state index contributed by atoms with van der Waals surface area (Å²) in [6, 6.07) is 0. The van der Waals surface area contributed by atoms with Crippen LogP contribution in [0.5, 0.6) is 0 Å². The van der Waals surface area contributed by atoms with Crippen LogP contribution in [0.4, 0.5) is 0 Å². The van der Waals surface area contributed by atoms with Crippen molar-refractivity contribution in [3.05, 3.63) is 60.8 Å². The van der Waals surface area contributed by atoms with Crippen molar-refractivity contribution in [2.75, 3.05) is 47.5 Å². The van der Waals surface area contributed by atoms with Gasteiger partial charge in [0.05, 0.1) is 27.7 Å². The van der Waals surface area contributed by atoms with Crippen molar-refractivity contribution in [1.82, 2.24) is 0 Å². The van der Waals surface area contributed by atoms with Crippen LogP contribution >= 0.6 is 7.82 Å². The van der Waals surface area contributed by atoms with Crippen molar-refractivity contribution >= 4 is 19.8 Å². The fourth-order valence-electron chi connectivity index (χ4n) is 8.81. The first-order chi connectivity index (χ1) is 36.0. The summed E-state index contributed by atoms with van der Waals surface area (Å²) in [5, 5.41) is 0. The Kier molecular flexibility index (Phi) is 53.7. The molecule has 0 aliphatic carbocycles. The van der Waals surface area contributed by atoms with Gasteiger partial charge in [0.2, 0.25) is 0 Å². The number of esters is 2. The van der Waals surface area contributed by atoms with Gasteiger partial charge in [-0.25, -0.2) is 4.57 Å². The van der Waals surface area contributed by atoms with Crippen LogP contribution in [0.15, 0.2) is 60.8 Å². The molecule has 0 aromatic rings. The molecule has 0 fully saturated rings. The second-order valence-corrected chi connectivity index (χ2v) is 23.5. The molecule has 2 unspecified atom stereocenters. The van der Waals surface area contributed by atoms with Crippen molar-refractivity contribution in [3.8, 4) is 0 Å². The van der Waals surface area contributed by atoms with E-state index in [0.29, 0.717) is 23.9 Å². The molecule has 0 spiro atoms. The van der Waals surface area contributed by atoms with E-state index in [4.69, 9.17) is 18.5 Å². The number of carbonyl (C=O) groups excluding carboxylic acids is 2. The molecule has 0 rings (SSSR count). The second-order valence-electron chi connectivity index (χ2n) is 22.1. The van der Waals surface area contributed by atoms with Gasteiger partial charge in [0.1, 0.15) is 19.8 Å². The lowest BCUT2D eigenvalue weighted by atomic mass is 10.0. The molecule has 9 nitrogen and oxygen atoms in total. The van der Waals surface area contributed by atoms with E-state index < -0.39 is 26.5 Å². The first kappa shape index (κ1) is 71.7. The number of phosphoric acid groups is 1. The SMILES string of the molecule is CC/C=C\C/C=C\C/C=C\C/C=C\C/C=C\CCCCCCCCCCCCCCCCCCCCCCCCCC(=O)OC(COC(=O)CCCCCCCCCCCCC)COP(=O)(O)OCC[N+](C)(C)C. The highest BCUT2D eigenvalue weighted by atomic mass is 31.2. The normalized spacial score (nSPS) is 13.6. The number of phosphoric ester groups is 1. The number of hydrogen-bond donors (Lipinski definition) is 1. The Balaban J connectivity index is 3.87. The van der Waals surface area contributed by atoms with Crippen LogP contribution in [0.2, 0.25) is 0 Å². The van der Waals surface area contributed by atoms with Gasteiger partial charge < -0.3 is 18.9 Å². The van der Waals surface area contributed by atoms with Crippen LogP contribution in [0.1, 0.15) is 284 Å². The largest absolute Gasteiger partial charge is 0.472 e. The summed E-state index contributed by atoms with van der Waals surface area (Å²) in [5.41, 5.74) is 0. The average molecular weight is 1060 g/mol. The number of rotatable bonds is 57. The molecule has 0 aliphatic rings. The highest BCUT2D eigenvalue weighted by molar-refractivity contribution is 7.47. The predicted octanol–water partition coefficient (Wildman–Crippen LogP) is 19.5. The van der Waals surface area contributed by atoms with Crippen LogP contribution in [0, 0.1) is 0 Å². The molecule has 2 atom stereocenters. The monoisotopic (exact) mass is 1060 g/mol. The highest BCUT2D eigenvalue weighted by Gasteiger charge is 2.27. The summed E-state index contributed by atoms with van der Waals surface area (Å²) >= 11 is 0. The third kappa shape index (κ3) is 59.0. The predicted molar refractivity (Wildman–Crippen MR) is 316 cm³/mol. The van der Waals surface area contributed by atoms with Gasteiger partial charge in [-0.15, -0.1) is 0 Å². The van der Waals surface area contributed by atoms with Crippen molar-refractivity contribution in [1.29, 1.82) is 0 Å². The van der Waals surface area contributed by atoms with Gasteiger partial charge in [0.15, 0.2) is 6.10 Å². The topological polar surface area (TPSA) is 108 Å². The summed E-state index contributed by atoms with van der Waals surface area (Å²) in [6.45, 7) is 4.34. The van der Waals surface area contributed by atoms with Crippen molar-refractivity contribution in [2.24, 2.45) is 0 Å². The van der Waals surface area contributed by atoms with Gasteiger partial charge >= 0.3 is 19.8 Å². The first-order valence-corrected chi connectivity index (χ1v) is 32.5. The molecule has 0 saturated heterocycles. The number of unbranched alkanes of at least 4 members (excludes halogenated alkanes) is 33. The van der Waals surface area contributed by atoms with Crippen LogP contribution in [0.25, 0.3) is 0 Å². The summed E-state index contributed by atoms with van der Waals surface area (Å²) in [7, 11) is 1.49. The van der Waals surface area contributed by atoms with E-state index in [1.807, 2.05) is 21.1 Å². The van der Waals surface area contributed by atoms with Crippen LogP contribution in [-0.2, 0) is 32.7 Å². The third-order valence-electron chi connectivity index (χ3n) is 13.6. The van der Waals surface area contributed by atoms with E-state index in [1.165, 1.54) is 186 Å². The van der Waals surface area contributed by atoms with Crippen LogP contribution < -0.4 is 0 Å². The molecular formula is C64H119NO8P+. The first-order valence-electron chi connectivity index (χ1n) is 31.0. The van der Waals surface area contributed by atoms with Crippen LogP contribution in [0.3, 0.4) is 0 Å². The molecule has 10 heteroatoms. The highest BCUT2D eigenvalue weighted by Crippen LogP contribution is 2.43. The molecule has 1 N–H and O–H groups in total. The standard InChI is InChI=1S/C64H118NO8P/c1-6-8-10-12-14-16-18-19-20-21-22-23-24-25-26-27-28-29-30-31-32-33-34-35-36-37-38-39-40-41-42-43-44-45-47-49-51-53-55-57-64(67)73-62(61-72-74(68,69)71-59-58-65(3,4)5)60-70-63(66)56-54-52-50-48-46-17-15-13-11-9-7-2/h8,10,14,16,19-20,22-23,25-26,62H,6-7,9,11-13,15,17-18,21,24,27-61H2,1-5H3/p+1/b10-8-,16-14-,20-19-,23-22-,26-25-. The minimum absolute atomic E-state index is 0.0340. The average Bonchev–Trinajstić information content (AvgIpc) is 3.36. The summed E-state index contributed by atoms with van der Waals surface area (Å²) < 4.78 is 34.5. The lowest BCUT2D eigenvalue weighted by Gasteiger charge is -2.24. The minimum atomic E-state index is -4.38. The number of hydrogen-bond acceptors (Lipinski definition) is 7. The zero-order valence-electron chi connectivity index (χ0n) is 49.1. The van der Waals surface area contributed by atoms with E-state index in [1.54, 1.807) is 0 Å². The van der Waals surface area contributed by atoms with Crippen molar-refractivity contribution in [2.45, 2.75) is 290 Å². The fraction of sp³-hybridized carbons (Fsp3) is 0.812. The third-order valence-corrected chi connectivity index (χ3v) is 14.5. The number of nitrogens with zero attached hydrogens (tertiary/aromatic N) is 1. The maximum atomic E-state index is 12.8. The van der Waals surface area contributed by atoms with Gasteiger partial charge in [-0.2, -0.15) is 0 Å². The maximum absolute atomic E-state index is 12.8. The zero-order valence-corrected chi connectivity index (χ0v) is 50.0. The molecule has 0 amide bonds. The van der Waals surface area contributed by atoms with E-state index in [2.05, 4.69) is 74.6 Å². The minimum Gasteiger partial charge on any atom is -0.462 e. The molecule has 0 heterocycles. The van der Waals surface area contributed by atoms with Crippen LogP contribution in [-0.4, -0.2) is 74.9 Å². The zero-order chi connectivity index (χ0) is 54.2. The molecular weight excluding hydrogens is 942 g/mol. The second kappa shape index (κ2) is 55.5. The van der Waals surface area contributed by atoms with E-state index in [9.17, 15) is 19.0 Å². The molecule has 0 radical (unpaired) electrons. The lowest BCUT2D eigenvalue weighted by Crippen LogP contribution is -2.37. The Hall–Kier alpha value is -2.29. The Morgan fingerprint density at radius 1 is 0.432 bits per heavy atom. The molecule has 0 saturated carbocycles. The fourth-order valence-corrected chi connectivity index (χ4v) is 9.55. The smallest absolute Gasteiger partial charge is 0.462 e. The molecule has 432 valence electrons.